The van der Waals surface area contributed by atoms with Gasteiger partial charge in [0.1, 0.15) is 12.4 Å². The molecule has 0 aromatic carbocycles. The zero-order valence-corrected chi connectivity index (χ0v) is 35.2. The third kappa shape index (κ3) is 30.8. The van der Waals surface area contributed by atoms with Crippen molar-refractivity contribution in [2.75, 3.05) is 0 Å². The minimum absolute atomic E-state index is 1.23. The van der Waals surface area contributed by atoms with Gasteiger partial charge in [-0.05, 0) is 32.1 Å². The molecule has 0 bridgehead atoms. The number of nitrogens with zero attached hydrogens (tertiary/aromatic N) is 2. The van der Waals surface area contributed by atoms with E-state index >= 15 is 0 Å². The quantitative estimate of drug-likeness (QED) is 0.0474. The summed E-state index contributed by atoms with van der Waals surface area (Å²) in [5.74, 6) is 1.63. The van der Waals surface area contributed by atoms with Gasteiger partial charge in [0.2, 0.25) is 0 Å². The Hall–Kier alpha value is -0.790. The maximum atomic E-state index is 2.65. The molecule has 2 heteroatoms. The lowest BCUT2D eigenvalue weighted by Gasteiger charge is -2.07. The summed E-state index contributed by atoms with van der Waals surface area (Å²) in [6.45, 7) is 9.41. The van der Waals surface area contributed by atoms with Crippen LogP contribution in [0.15, 0.2) is 12.4 Å². The summed E-state index contributed by atoms with van der Waals surface area (Å²) in [5.41, 5.74) is 0. The molecule has 1 heterocycles. The van der Waals surface area contributed by atoms with E-state index in [1.54, 1.807) is 5.82 Å². The molecule has 0 aliphatic heterocycles. The summed E-state index contributed by atoms with van der Waals surface area (Å²) in [6, 6.07) is 0. The van der Waals surface area contributed by atoms with Crippen molar-refractivity contribution in [1.29, 1.82) is 0 Å². The standard InChI is InChI=1S/C48H95N2/c1-4-7-10-13-16-19-22-24-26-27-29-31-34-37-40-43-48-49(44-41-38-35-32-21-18-15-12-9-6-3)46-47-50(48)45-42-39-36-33-30-28-25-23-20-17-14-11-8-5-2/h46-47H,4-45H2,1-3H3/q+1. The molecule has 0 unspecified atom stereocenters. The van der Waals surface area contributed by atoms with Gasteiger partial charge in [0.15, 0.2) is 0 Å². The van der Waals surface area contributed by atoms with E-state index in [4.69, 9.17) is 0 Å². The Morgan fingerprint density at radius 1 is 0.340 bits per heavy atom. The van der Waals surface area contributed by atoms with Crippen LogP contribution in [0, 0.1) is 0 Å². The Labute approximate surface area is 317 Å². The molecule has 0 spiro atoms. The molecule has 0 N–H and O–H groups in total. The van der Waals surface area contributed by atoms with Crippen LogP contribution < -0.4 is 4.57 Å². The van der Waals surface area contributed by atoms with Crippen LogP contribution in [0.1, 0.15) is 277 Å². The number of aromatic nitrogens is 2. The number of hydrogen-bond donors (Lipinski definition) is 0. The van der Waals surface area contributed by atoms with Crippen molar-refractivity contribution >= 4 is 0 Å². The van der Waals surface area contributed by atoms with E-state index in [0.717, 1.165) is 0 Å². The fourth-order valence-corrected chi connectivity index (χ4v) is 8.09. The first-order valence-corrected chi connectivity index (χ1v) is 23.9. The van der Waals surface area contributed by atoms with Crippen molar-refractivity contribution in [3.05, 3.63) is 18.2 Å². The molecule has 1 aromatic rings. The third-order valence-electron chi connectivity index (χ3n) is 11.6. The van der Waals surface area contributed by atoms with E-state index in [9.17, 15) is 0 Å². The van der Waals surface area contributed by atoms with Gasteiger partial charge in [0, 0.05) is 6.42 Å². The van der Waals surface area contributed by atoms with Gasteiger partial charge in [-0.1, -0.05) is 239 Å². The summed E-state index contributed by atoms with van der Waals surface area (Å²) in [5, 5.41) is 0. The zero-order valence-electron chi connectivity index (χ0n) is 35.2. The van der Waals surface area contributed by atoms with Gasteiger partial charge in [-0.15, -0.1) is 0 Å². The Bertz CT molecular complexity index is 766. The molecular formula is C48H95N2+. The molecule has 1 aromatic heterocycles. The summed E-state index contributed by atoms with van der Waals surface area (Å²) in [7, 11) is 0. The highest BCUT2D eigenvalue weighted by Crippen LogP contribution is 2.17. The molecular weight excluding hydrogens is 605 g/mol. The lowest BCUT2D eigenvalue weighted by molar-refractivity contribution is -0.704. The number of imidazole rings is 1. The van der Waals surface area contributed by atoms with Crippen LogP contribution in [0.5, 0.6) is 0 Å². The van der Waals surface area contributed by atoms with Gasteiger partial charge in [-0.3, -0.25) is 0 Å². The van der Waals surface area contributed by atoms with E-state index in [0.29, 0.717) is 0 Å². The molecule has 0 radical (unpaired) electrons. The minimum Gasteiger partial charge on any atom is -0.234 e. The molecule has 50 heavy (non-hydrogen) atoms. The first-order valence-electron chi connectivity index (χ1n) is 23.9. The third-order valence-corrected chi connectivity index (χ3v) is 11.6. The van der Waals surface area contributed by atoms with Crippen LogP contribution in [0.2, 0.25) is 0 Å². The van der Waals surface area contributed by atoms with Gasteiger partial charge in [-0.25, -0.2) is 9.13 Å². The summed E-state index contributed by atoms with van der Waals surface area (Å²) in [4.78, 5) is 0. The Morgan fingerprint density at radius 2 is 0.620 bits per heavy atom. The SMILES string of the molecule is CCCCCCCCCCCCCCCCCc1n(CCCCCCCCCCCCCCCC)cc[n+]1CCCCCCCCCCCC. The Kier molecular flexibility index (Phi) is 37.2. The number of hydrogen-bond acceptors (Lipinski definition) is 0. The Morgan fingerprint density at radius 3 is 0.960 bits per heavy atom. The van der Waals surface area contributed by atoms with E-state index < -0.39 is 0 Å². The molecule has 0 aliphatic carbocycles. The van der Waals surface area contributed by atoms with E-state index in [2.05, 4.69) is 42.3 Å². The van der Waals surface area contributed by atoms with Crippen LogP contribution >= 0.6 is 0 Å². The van der Waals surface area contributed by atoms with Crippen LogP contribution in [0.25, 0.3) is 0 Å². The topological polar surface area (TPSA) is 8.81 Å². The predicted molar refractivity (Wildman–Crippen MR) is 225 cm³/mol. The fraction of sp³-hybridized carbons (Fsp3) is 0.938. The molecule has 0 saturated heterocycles. The minimum atomic E-state index is 1.23. The molecule has 0 saturated carbocycles. The first-order chi connectivity index (χ1) is 24.8. The average Bonchev–Trinajstić information content (AvgIpc) is 3.51. The summed E-state index contributed by atoms with van der Waals surface area (Å²) in [6.07, 6.45) is 62.3. The molecule has 0 atom stereocenters. The van der Waals surface area contributed by atoms with Gasteiger partial charge in [0.05, 0.1) is 13.1 Å². The fourth-order valence-electron chi connectivity index (χ4n) is 8.09. The maximum absolute atomic E-state index is 2.65. The summed E-state index contributed by atoms with van der Waals surface area (Å²) < 4.78 is 5.30. The van der Waals surface area contributed by atoms with Crippen molar-refractivity contribution in [2.24, 2.45) is 0 Å². The van der Waals surface area contributed by atoms with Crippen LogP contribution in [0.4, 0.5) is 0 Å². The van der Waals surface area contributed by atoms with Gasteiger partial charge >= 0.3 is 0 Å². The van der Waals surface area contributed by atoms with Gasteiger partial charge in [0.25, 0.3) is 5.82 Å². The van der Waals surface area contributed by atoms with Crippen molar-refractivity contribution < 1.29 is 4.57 Å². The second kappa shape index (κ2) is 39.4. The lowest BCUT2D eigenvalue weighted by atomic mass is 10.0. The monoisotopic (exact) mass is 700 g/mol. The van der Waals surface area contributed by atoms with E-state index in [-0.39, 0.29) is 0 Å². The highest BCUT2D eigenvalue weighted by molar-refractivity contribution is 4.84. The molecule has 296 valence electrons. The Balaban J connectivity index is 2.26. The smallest absolute Gasteiger partial charge is 0.234 e. The zero-order chi connectivity index (χ0) is 35.8. The number of aryl methyl sites for hydroxylation is 2. The number of unbranched alkanes of at least 4 members (excludes halogenated alkanes) is 36. The molecule has 0 fully saturated rings. The molecule has 0 aliphatic rings. The van der Waals surface area contributed by atoms with E-state index in [1.807, 2.05) is 0 Å². The molecule has 2 nitrogen and oxygen atoms in total. The van der Waals surface area contributed by atoms with Gasteiger partial charge < -0.3 is 0 Å². The van der Waals surface area contributed by atoms with Crippen molar-refractivity contribution in [3.63, 3.8) is 0 Å². The average molecular weight is 700 g/mol. The second-order valence-electron chi connectivity index (χ2n) is 16.6. The first kappa shape index (κ1) is 47.2. The van der Waals surface area contributed by atoms with Gasteiger partial charge in [-0.2, -0.15) is 0 Å². The van der Waals surface area contributed by atoms with Crippen LogP contribution in [-0.2, 0) is 19.5 Å². The maximum Gasteiger partial charge on any atom is 0.256 e. The summed E-state index contributed by atoms with van der Waals surface area (Å²) >= 11 is 0. The van der Waals surface area contributed by atoms with Crippen LogP contribution in [-0.4, -0.2) is 4.57 Å². The number of rotatable bonds is 42. The molecule has 1 rings (SSSR count). The highest BCUT2D eigenvalue weighted by atomic mass is 15.1. The lowest BCUT2D eigenvalue weighted by Crippen LogP contribution is -2.37. The normalized spacial score (nSPS) is 11.7. The largest absolute Gasteiger partial charge is 0.256 e. The van der Waals surface area contributed by atoms with Crippen molar-refractivity contribution in [3.8, 4) is 0 Å². The molecule has 0 amide bonds. The second-order valence-corrected chi connectivity index (χ2v) is 16.6. The van der Waals surface area contributed by atoms with Crippen LogP contribution in [0.3, 0.4) is 0 Å². The van der Waals surface area contributed by atoms with Crippen molar-refractivity contribution in [1.82, 2.24) is 4.57 Å². The highest BCUT2D eigenvalue weighted by Gasteiger charge is 2.16. The van der Waals surface area contributed by atoms with Crippen molar-refractivity contribution in [2.45, 2.75) is 291 Å². The van der Waals surface area contributed by atoms with E-state index in [1.165, 1.54) is 270 Å². The predicted octanol–water partition coefficient (Wildman–Crippen LogP) is 16.6.